The van der Waals surface area contributed by atoms with Gasteiger partial charge in [0.05, 0.1) is 17.0 Å². The van der Waals surface area contributed by atoms with E-state index in [9.17, 15) is 9.59 Å². The highest BCUT2D eigenvalue weighted by molar-refractivity contribution is 8.01. The SMILES string of the molecule is Nc1nnc(SCC(=O)Nc2ccccc2C(=O)NCCc2ccccc2)s1. The lowest BCUT2D eigenvalue weighted by Crippen LogP contribution is -2.27. The number of nitrogen functional groups attached to an aromatic ring is 1. The first-order chi connectivity index (χ1) is 13.6. The van der Waals surface area contributed by atoms with Crippen molar-refractivity contribution in [1.29, 1.82) is 0 Å². The second-order valence-corrected chi connectivity index (χ2v) is 8.01. The van der Waals surface area contributed by atoms with Gasteiger partial charge in [0, 0.05) is 6.54 Å². The average Bonchev–Trinajstić information content (AvgIpc) is 3.13. The van der Waals surface area contributed by atoms with Gasteiger partial charge in [-0.05, 0) is 24.1 Å². The van der Waals surface area contributed by atoms with Gasteiger partial charge in [-0.3, -0.25) is 9.59 Å². The molecule has 3 aromatic rings. The molecule has 0 spiro atoms. The van der Waals surface area contributed by atoms with E-state index in [-0.39, 0.29) is 17.6 Å². The van der Waals surface area contributed by atoms with Gasteiger partial charge in [-0.25, -0.2) is 0 Å². The first-order valence-electron chi connectivity index (χ1n) is 8.54. The predicted molar refractivity (Wildman–Crippen MR) is 113 cm³/mol. The van der Waals surface area contributed by atoms with Crippen LogP contribution >= 0.6 is 23.1 Å². The Kier molecular flexibility index (Phi) is 6.99. The Labute approximate surface area is 170 Å². The van der Waals surface area contributed by atoms with Crippen molar-refractivity contribution >= 4 is 45.7 Å². The molecule has 0 aliphatic rings. The van der Waals surface area contributed by atoms with Gasteiger partial charge >= 0.3 is 0 Å². The number of hydrogen-bond donors (Lipinski definition) is 3. The maximum absolute atomic E-state index is 12.5. The molecule has 28 heavy (non-hydrogen) atoms. The van der Waals surface area contributed by atoms with E-state index in [1.54, 1.807) is 24.3 Å². The lowest BCUT2D eigenvalue weighted by molar-refractivity contribution is -0.113. The number of nitrogens with zero attached hydrogens (tertiary/aromatic N) is 2. The van der Waals surface area contributed by atoms with Gasteiger partial charge in [-0.2, -0.15) is 0 Å². The topological polar surface area (TPSA) is 110 Å². The molecule has 0 unspecified atom stereocenters. The fourth-order valence-corrected chi connectivity index (χ4v) is 3.88. The third-order valence-corrected chi connectivity index (χ3v) is 5.62. The van der Waals surface area contributed by atoms with Crippen LogP contribution in [0.4, 0.5) is 10.8 Å². The Bertz CT molecular complexity index is 946. The first-order valence-corrected chi connectivity index (χ1v) is 10.3. The van der Waals surface area contributed by atoms with Crippen molar-refractivity contribution < 1.29 is 9.59 Å². The van der Waals surface area contributed by atoms with Crippen LogP contribution in [0.5, 0.6) is 0 Å². The van der Waals surface area contributed by atoms with Crippen molar-refractivity contribution in [2.45, 2.75) is 10.8 Å². The molecule has 3 rings (SSSR count). The Morgan fingerprint density at radius 3 is 2.54 bits per heavy atom. The second-order valence-electron chi connectivity index (χ2n) is 5.78. The summed E-state index contributed by atoms with van der Waals surface area (Å²) in [4.78, 5) is 24.7. The second kappa shape index (κ2) is 9.86. The summed E-state index contributed by atoms with van der Waals surface area (Å²) in [6.07, 6.45) is 0.739. The normalized spacial score (nSPS) is 10.4. The third-order valence-electron chi connectivity index (χ3n) is 3.74. The Morgan fingerprint density at radius 1 is 1.04 bits per heavy atom. The number of anilines is 2. The summed E-state index contributed by atoms with van der Waals surface area (Å²) < 4.78 is 0.625. The lowest BCUT2D eigenvalue weighted by atomic mass is 10.1. The molecular weight excluding hydrogens is 394 g/mol. The minimum atomic E-state index is -0.233. The predicted octanol–water partition coefficient (Wildman–Crippen LogP) is 2.82. The van der Waals surface area contributed by atoms with E-state index >= 15 is 0 Å². The van der Waals surface area contributed by atoms with Gasteiger partial charge in [0.2, 0.25) is 11.0 Å². The number of nitrogens with one attached hydrogen (secondary N) is 2. The first kappa shape index (κ1) is 19.8. The van der Waals surface area contributed by atoms with Crippen LogP contribution < -0.4 is 16.4 Å². The molecule has 0 bridgehead atoms. The van der Waals surface area contributed by atoms with Gasteiger partial charge in [-0.1, -0.05) is 65.6 Å². The summed E-state index contributed by atoms with van der Waals surface area (Å²) in [5, 5.41) is 13.6. The van der Waals surface area contributed by atoms with Crippen LogP contribution in [0.15, 0.2) is 58.9 Å². The van der Waals surface area contributed by atoms with E-state index in [2.05, 4.69) is 20.8 Å². The summed E-state index contributed by atoms with van der Waals surface area (Å²) in [6.45, 7) is 0.513. The van der Waals surface area contributed by atoms with Crippen molar-refractivity contribution in [3.05, 3.63) is 65.7 Å². The standard InChI is InChI=1S/C19H19N5O2S2/c20-18-23-24-19(28-18)27-12-16(25)22-15-9-5-4-8-14(15)17(26)21-11-10-13-6-2-1-3-7-13/h1-9H,10-12H2,(H2,20,23)(H,21,26)(H,22,25). The zero-order valence-electron chi connectivity index (χ0n) is 14.9. The fourth-order valence-electron chi connectivity index (χ4n) is 2.44. The van der Waals surface area contributed by atoms with Crippen LogP contribution in [0, 0.1) is 0 Å². The number of carbonyl (C=O) groups is 2. The van der Waals surface area contributed by atoms with Gasteiger partial charge in [0.15, 0.2) is 4.34 Å². The van der Waals surface area contributed by atoms with E-state index in [1.807, 2.05) is 30.3 Å². The number of thioether (sulfide) groups is 1. The molecule has 2 aromatic carbocycles. The van der Waals surface area contributed by atoms with E-state index in [1.165, 1.54) is 23.1 Å². The number of rotatable bonds is 8. The van der Waals surface area contributed by atoms with Gasteiger partial charge < -0.3 is 16.4 Å². The van der Waals surface area contributed by atoms with Crippen LogP contribution in [-0.2, 0) is 11.2 Å². The molecule has 9 heteroatoms. The van der Waals surface area contributed by atoms with Crippen molar-refractivity contribution in [3.63, 3.8) is 0 Å². The summed E-state index contributed by atoms with van der Waals surface area (Å²) in [7, 11) is 0. The zero-order valence-corrected chi connectivity index (χ0v) is 16.6. The van der Waals surface area contributed by atoms with Crippen LogP contribution in [0.1, 0.15) is 15.9 Å². The van der Waals surface area contributed by atoms with Crippen molar-refractivity contribution in [3.8, 4) is 0 Å². The summed E-state index contributed by atoms with van der Waals surface area (Å²) in [5.74, 6) is -0.307. The average molecular weight is 414 g/mol. The lowest BCUT2D eigenvalue weighted by Gasteiger charge is -2.11. The number of amides is 2. The fraction of sp³-hybridized carbons (Fsp3) is 0.158. The maximum Gasteiger partial charge on any atom is 0.253 e. The van der Waals surface area contributed by atoms with E-state index in [4.69, 9.17) is 5.73 Å². The van der Waals surface area contributed by atoms with Crippen LogP contribution in [0.25, 0.3) is 0 Å². The third kappa shape index (κ3) is 5.80. The van der Waals surface area contributed by atoms with Gasteiger partial charge in [0.25, 0.3) is 5.91 Å². The smallest absolute Gasteiger partial charge is 0.253 e. The highest BCUT2D eigenvalue weighted by atomic mass is 32.2. The highest BCUT2D eigenvalue weighted by Crippen LogP contribution is 2.24. The molecule has 7 nitrogen and oxygen atoms in total. The van der Waals surface area contributed by atoms with E-state index in [0.29, 0.717) is 27.3 Å². The van der Waals surface area contributed by atoms with Crippen LogP contribution in [0.2, 0.25) is 0 Å². The molecule has 0 saturated heterocycles. The molecule has 0 radical (unpaired) electrons. The van der Waals surface area contributed by atoms with Gasteiger partial charge in [0.1, 0.15) is 0 Å². The molecule has 0 fully saturated rings. The molecule has 4 N–H and O–H groups in total. The number of benzene rings is 2. The Hall–Kier alpha value is -2.91. The molecule has 144 valence electrons. The molecule has 0 aliphatic carbocycles. The number of hydrogen-bond acceptors (Lipinski definition) is 7. The van der Waals surface area contributed by atoms with E-state index in [0.717, 1.165) is 12.0 Å². The molecule has 1 heterocycles. The van der Waals surface area contributed by atoms with Crippen LogP contribution in [-0.4, -0.2) is 34.3 Å². The molecule has 2 amide bonds. The molecule has 0 atom stereocenters. The summed E-state index contributed by atoms with van der Waals surface area (Å²) in [5.41, 5.74) is 7.58. The molecule has 0 saturated carbocycles. The summed E-state index contributed by atoms with van der Waals surface area (Å²) in [6, 6.07) is 16.9. The molecular formula is C19H19N5O2S2. The monoisotopic (exact) mass is 413 g/mol. The quantitative estimate of drug-likeness (QED) is 0.490. The minimum Gasteiger partial charge on any atom is -0.374 e. The number of nitrogens with two attached hydrogens (primary N) is 1. The number of aromatic nitrogens is 2. The molecule has 1 aromatic heterocycles. The molecule has 0 aliphatic heterocycles. The maximum atomic E-state index is 12.5. The Balaban J connectivity index is 1.54. The largest absolute Gasteiger partial charge is 0.374 e. The van der Waals surface area contributed by atoms with Crippen molar-refractivity contribution in [1.82, 2.24) is 15.5 Å². The number of carbonyl (C=O) groups excluding carboxylic acids is 2. The zero-order chi connectivity index (χ0) is 19.8. The Morgan fingerprint density at radius 2 is 1.79 bits per heavy atom. The van der Waals surface area contributed by atoms with Crippen molar-refractivity contribution in [2.75, 3.05) is 23.3 Å². The van der Waals surface area contributed by atoms with E-state index < -0.39 is 0 Å². The van der Waals surface area contributed by atoms with Crippen LogP contribution in [0.3, 0.4) is 0 Å². The summed E-state index contributed by atoms with van der Waals surface area (Å²) >= 11 is 2.47. The number of para-hydroxylation sites is 1. The highest BCUT2D eigenvalue weighted by Gasteiger charge is 2.13. The minimum absolute atomic E-state index is 0.151. The van der Waals surface area contributed by atoms with Gasteiger partial charge in [-0.15, -0.1) is 10.2 Å². The van der Waals surface area contributed by atoms with Crippen molar-refractivity contribution in [2.24, 2.45) is 0 Å².